The quantitative estimate of drug-likeness (QED) is 0.549. The summed E-state index contributed by atoms with van der Waals surface area (Å²) in [5, 5.41) is 3.16. The molecule has 7 nitrogen and oxygen atoms in total. The number of rotatable bonds is 7. The monoisotopic (exact) mass is 339 g/mol. The number of nitrogens with zero attached hydrogens (tertiary/aromatic N) is 4. The van der Waals surface area contributed by atoms with Gasteiger partial charge in [-0.25, -0.2) is 4.99 Å². The molecular weight excluding hydrogens is 306 g/mol. The smallest absolute Gasteiger partial charge is 0.244 e. The van der Waals surface area contributed by atoms with Crippen LogP contribution in [-0.2, 0) is 9.59 Å². The minimum absolute atomic E-state index is 0.0635. The number of nitrogens with one attached hydrogen (secondary N) is 1. The fraction of sp³-hybridized carbons (Fsp3) is 0.824. The Morgan fingerprint density at radius 3 is 2.25 bits per heavy atom. The maximum atomic E-state index is 12.2. The van der Waals surface area contributed by atoms with Gasteiger partial charge in [0.1, 0.15) is 6.54 Å². The second-order valence-electron chi connectivity index (χ2n) is 6.03. The molecule has 0 aromatic carbocycles. The van der Waals surface area contributed by atoms with Crippen LogP contribution in [0.3, 0.4) is 0 Å². The molecule has 0 bridgehead atoms. The molecule has 0 radical (unpaired) electrons. The summed E-state index contributed by atoms with van der Waals surface area (Å²) in [4.78, 5) is 34.4. The average molecular weight is 339 g/mol. The first-order valence-electron chi connectivity index (χ1n) is 9.08. The predicted molar refractivity (Wildman–Crippen MR) is 97.0 cm³/mol. The van der Waals surface area contributed by atoms with Crippen molar-refractivity contribution < 1.29 is 9.59 Å². The lowest BCUT2D eigenvalue weighted by atomic mass is 10.1. The van der Waals surface area contributed by atoms with Gasteiger partial charge in [0.15, 0.2) is 5.96 Å². The Morgan fingerprint density at radius 1 is 1.08 bits per heavy atom. The van der Waals surface area contributed by atoms with Crippen LogP contribution in [0.5, 0.6) is 0 Å². The molecule has 24 heavy (non-hydrogen) atoms. The first-order valence-corrected chi connectivity index (χ1v) is 9.08. The van der Waals surface area contributed by atoms with Gasteiger partial charge in [-0.3, -0.25) is 9.59 Å². The maximum Gasteiger partial charge on any atom is 0.244 e. The molecule has 7 heteroatoms. The molecular formula is C17H33N5O2. The van der Waals surface area contributed by atoms with Crippen molar-refractivity contribution in [3.63, 3.8) is 0 Å². The lowest BCUT2D eigenvalue weighted by Crippen LogP contribution is -2.46. The van der Waals surface area contributed by atoms with Crippen molar-refractivity contribution >= 4 is 17.8 Å². The molecule has 2 amide bonds. The van der Waals surface area contributed by atoms with Crippen LogP contribution in [0.15, 0.2) is 4.99 Å². The lowest BCUT2D eigenvalue weighted by Gasteiger charge is -2.27. The van der Waals surface area contributed by atoms with Crippen molar-refractivity contribution in [1.29, 1.82) is 0 Å². The third-order valence-electron chi connectivity index (χ3n) is 4.26. The van der Waals surface area contributed by atoms with Gasteiger partial charge in [0, 0.05) is 39.8 Å². The minimum Gasteiger partial charge on any atom is -0.356 e. The summed E-state index contributed by atoms with van der Waals surface area (Å²) < 4.78 is 0. The maximum absolute atomic E-state index is 12.2. The van der Waals surface area contributed by atoms with E-state index >= 15 is 0 Å². The van der Waals surface area contributed by atoms with E-state index in [2.05, 4.69) is 10.3 Å². The summed E-state index contributed by atoms with van der Waals surface area (Å²) in [5.41, 5.74) is 0. The van der Waals surface area contributed by atoms with Gasteiger partial charge in [-0.2, -0.15) is 0 Å². The van der Waals surface area contributed by atoms with Crippen LogP contribution in [0.25, 0.3) is 0 Å². The summed E-state index contributed by atoms with van der Waals surface area (Å²) >= 11 is 0. The summed E-state index contributed by atoms with van der Waals surface area (Å²) in [6, 6.07) is 0. The highest BCUT2D eigenvalue weighted by Crippen LogP contribution is 2.08. The van der Waals surface area contributed by atoms with Crippen LogP contribution in [-0.4, -0.2) is 85.3 Å². The number of amides is 2. The topological polar surface area (TPSA) is 68.2 Å². The molecule has 1 N–H and O–H groups in total. The Labute approximate surface area is 146 Å². The molecule has 0 saturated carbocycles. The van der Waals surface area contributed by atoms with Gasteiger partial charge in [0.05, 0.1) is 6.54 Å². The number of carbonyl (C=O) groups excluding carboxylic acids is 2. The summed E-state index contributed by atoms with van der Waals surface area (Å²) in [5.74, 6) is 0.729. The molecule has 0 aromatic rings. The number of likely N-dealkylation sites (N-methyl/N-ethyl adjacent to an activating group) is 2. The number of carbonyl (C=O) groups is 2. The van der Waals surface area contributed by atoms with Crippen molar-refractivity contribution in [3.8, 4) is 0 Å². The van der Waals surface area contributed by atoms with Gasteiger partial charge in [-0.1, -0.05) is 0 Å². The van der Waals surface area contributed by atoms with E-state index in [-0.39, 0.29) is 24.9 Å². The average Bonchev–Trinajstić information content (AvgIpc) is 2.60. The third kappa shape index (κ3) is 6.37. The Bertz CT molecular complexity index is 429. The SMILES string of the molecule is CCNC(=NCC(=O)N1CCCCC1)N(C)CC(=O)N(CC)CC. The Balaban J connectivity index is 2.62. The van der Waals surface area contributed by atoms with E-state index in [1.54, 1.807) is 9.80 Å². The van der Waals surface area contributed by atoms with Crippen molar-refractivity contribution in [2.75, 3.05) is 52.9 Å². The van der Waals surface area contributed by atoms with E-state index in [0.717, 1.165) is 25.9 Å². The zero-order valence-electron chi connectivity index (χ0n) is 15.7. The van der Waals surface area contributed by atoms with E-state index in [1.165, 1.54) is 6.42 Å². The van der Waals surface area contributed by atoms with Crippen molar-refractivity contribution in [1.82, 2.24) is 20.0 Å². The highest BCUT2D eigenvalue weighted by atomic mass is 16.2. The van der Waals surface area contributed by atoms with Crippen molar-refractivity contribution in [2.24, 2.45) is 4.99 Å². The van der Waals surface area contributed by atoms with Gasteiger partial charge in [-0.15, -0.1) is 0 Å². The number of aliphatic imine (C=N–C) groups is 1. The minimum atomic E-state index is 0.0635. The lowest BCUT2D eigenvalue weighted by molar-refractivity contribution is -0.131. The molecule has 0 aliphatic carbocycles. The Morgan fingerprint density at radius 2 is 1.71 bits per heavy atom. The molecule has 1 aliphatic heterocycles. The van der Waals surface area contributed by atoms with Crippen LogP contribution in [0.4, 0.5) is 0 Å². The molecule has 0 spiro atoms. The fourth-order valence-corrected chi connectivity index (χ4v) is 2.81. The second kappa shape index (κ2) is 10.9. The Kier molecular flexibility index (Phi) is 9.19. The fourth-order valence-electron chi connectivity index (χ4n) is 2.81. The standard InChI is InChI=1S/C17H33N5O2/c1-5-18-17(20(4)14-16(24)21(6-2)7-3)19-13-15(23)22-11-9-8-10-12-22/h5-14H2,1-4H3,(H,18,19). The van der Waals surface area contributed by atoms with Crippen molar-refractivity contribution in [2.45, 2.75) is 40.0 Å². The number of hydrogen-bond donors (Lipinski definition) is 1. The van der Waals surface area contributed by atoms with Crippen LogP contribution in [0, 0.1) is 0 Å². The highest BCUT2D eigenvalue weighted by molar-refractivity contribution is 5.88. The van der Waals surface area contributed by atoms with Crippen LogP contribution in [0.1, 0.15) is 40.0 Å². The van der Waals surface area contributed by atoms with E-state index in [4.69, 9.17) is 0 Å². The molecule has 0 atom stereocenters. The summed E-state index contributed by atoms with van der Waals surface area (Å²) in [6.45, 7) is 10.1. The molecule has 1 fully saturated rings. The van der Waals surface area contributed by atoms with Gasteiger partial charge in [-0.05, 0) is 40.0 Å². The van der Waals surface area contributed by atoms with Crippen LogP contribution >= 0.6 is 0 Å². The van der Waals surface area contributed by atoms with E-state index in [0.29, 0.717) is 25.6 Å². The van der Waals surface area contributed by atoms with Gasteiger partial charge in [0.2, 0.25) is 11.8 Å². The first kappa shape index (κ1) is 20.3. The predicted octanol–water partition coefficient (Wildman–Crippen LogP) is 0.765. The number of piperidine rings is 1. The number of likely N-dealkylation sites (tertiary alicyclic amines) is 1. The second-order valence-corrected chi connectivity index (χ2v) is 6.03. The Hall–Kier alpha value is -1.79. The highest BCUT2D eigenvalue weighted by Gasteiger charge is 2.18. The van der Waals surface area contributed by atoms with Crippen LogP contribution in [0.2, 0.25) is 0 Å². The van der Waals surface area contributed by atoms with Gasteiger partial charge >= 0.3 is 0 Å². The largest absolute Gasteiger partial charge is 0.356 e. The molecule has 1 aliphatic rings. The molecule has 1 rings (SSSR count). The zero-order valence-corrected chi connectivity index (χ0v) is 15.7. The first-order chi connectivity index (χ1) is 11.5. The molecule has 1 saturated heterocycles. The van der Waals surface area contributed by atoms with E-state index in [9.17, 15) is 9.59 Å². The van der Waals surface area contributed by atoms with Crippen molar-refractivity contribution in [3.05, 3.63) is 0 Å². The van der Waals surface area contributed by atoms with E-state index in [1.807, 2.05) is 32.7 Å². The normalized spacial score (nSPS) is 15.2. The summed E-state index contributed by atoms with van der Waals surface area (Å²) in [6.07, 6.45) is 3.35. The van der Waals surface area contributed by atoms with Crippen LogP contribution < -0.4 is 5.32 Å². The number of guanidine groups is 1. The summed E-state index contributed by atoms with van der Waals surface area (Å²) in [7, 11) is 1.83. The van der Waals surface area contributed by atoms with Gasteiger partial charge in [0.25, 0.3) is 0 Å². The zero-order chi connectivity index (χ0) is 17.9. The van der Waals surface area contributed by atoms with E-state index < -0.39 is 0 Å². The number of hydrogen-bond acceptors (Lipinski definition) is 3. The molecule has 138 valence electrons. The van der Waals surface area contributed by atoms with Gasteiger partial charge < -0.3 is 20.0 Å². The molecule has 0 aromatic heterocycles. The molecule has 1 heterocycles. The third-order valence-corrected chi connectivity index (χ3v) is 4.26. The molecule has 0 unspecified atom stereocenters.